The minimum absolute atomic E-state index is 0.145. The van der Waals surface area contributed by atoms with Crippen LogP contribution < -0.4 is 9.47 Å². The van der Waals surface area contributed by atoms with Gasteiger partial charge in [-0.25, -0.2) is 9.59 Å². The Morgan fingerprint density at radius 1 is 1.22 bits per heavy atom. The van der Waals surface area contributed by atoms with E-state index in [2.05, 4.69) is 4.90 Å². The van der Waals surface area contributed by atoms with Gasteiger partial charge >= 0.3 is 30.1 Å². The van der Waals surface area contributed by atoms with Crippen molar-refractivity contribution in [3.8, 4) is 11.5 Å². The van der Waals surface area contributed by atoms with Gasteiger partial charge < -0.3 is 39.2 Å². The molecule has 5 atom stereocenters. The van der Waals surface area contributed by atoms with Crippen molar-refractivity contribution in [2.24, 2.45) is 0 Å². The number of ether oxygens (including phenoxy) is 4. The number of hydrogen-bond donors (Lipinski definition) is 3. The summed E-state index contributed by atoms with van der Waals surface area (Å²) in [5.74, 6) is -4.58. The Morgan fingerprint density at radius 3 is 2.44 bits per heavy atom. The normalized spacial score (nSPS) is 28.0. The zero-order valence-corrected chi connectivity index (χ0v) is 22.2. The Kier molecular flexibility index (Phi) is 7.73. The van der Waals surface area contributed by atoms with Crippen LogP contribution in [-0.4, -0.2) is 94.8 Å². The number of esters is 2. The first-order chi connectivity index (χ1) is 19.1. The molecular weight excluding hydrogens is 559 g/mol. The van der Waals surface area contributed by atoms with E-state index in [4.69, 9.17) is 28.8 Å². The van der Waals surface area contributed by atoms with Crippen LogP contribution in [0.3, 0.4) is 0 Å². The number of likely N-dealkylation sites (N-methyl/N-ethyl adjacent to an activating group) is 1. The number of likely N-dealkylation sites (tertiary alicyclic amines) is 1. The molecule has 1 saturated heterocycles. The van der Waals surface area contributed by atoms with Gasteiger partial charge in [0.1, 0.15) is 5.76 Å². The second kappa shape index (κ2) is 10.5. The summed E-state index contributed by atoms with van der Waals surface area (Å²) >= 11 is 0. The summed E-state index contributed by atoms with van der Waals surface area (Å²) in [6.45, 7) is 1.79. The Hall–Kier alpha value is -3.85. The molecule has 12 nitrogen and oxygen atoms in total. The van der Waals surface area contributed by atoms with Gasteiger partial charge in [-0.2, -0.15) is 13.2 Å². The number of rotatable bonds is 6. The zero-order chi connectivity index (χ0) is 30.5. The summed E-state index contributed by atoms with van der Waals surface area (Å²) in [4.78, 5) is 46.3. The number of carboxylic acids is 2. The summed E-state index contributed by atoms with van der Waals surface area (Å²) in [6, 6.07) is 3.69. The average molecular weight is 588 g/mol. The SMILES string of the molecule is COc1ccc2c3c1O[C@H]1C(OC(=O)CC(OC(C)=O)C(=O)O)=CC[C@@]4(O)[C@@H](C2)N(C)CC[C@]314.O=C(O)C(F)(F)F. The van der Waals surface area contributed by atoms with Crippen LogP contribution in [0, 0.1) is 0 Å². The van der Waals surface area contributed by atoms with E-state index < -0.39 is 59.7 Å². The average Bonchev–Trinajstić information content (AvgIpc) is 3.23. The van der Waals surface area contributed by atoms with Gasteiger partial charge in [-0.3, -0.25) is 9.59 Å². The van der Waals surface area contributed by atoms with E-state index in [9.17, 15) is 37.8 Å². The van der Waals surface area contributed by atoms with Gasteiger partial charge in [-0.05, 0) is 44.1 Å². The van der Waals surface area contributed by atoms with E-state index in [1.807, 2.05) is 19.2 Å². The molecule has 4 aliphatic rings. The summed E-state index contributed by atoms with van der Waals surface area (Å²) in [6.07, 6.45) is -5.04. The lowest BCUT2D eigenvalue weighted by atomic mass is 9.50. The number of aliphatic hydroxyl groups is 1. The van der Waals surface area contributed by atoms with Crippen molar-refractivity contribution in [1.82, 2.24) is 4.90 Å². The third kappa shape index (κ3) is 4.96. The van der Waals surface area contributed by atoms with Crippen LogP contribution >= 0.6 is 0 Å². The monoisotopic (exact) mass is 587 g/mol. The lowest BCUT2D eigenvalue weighted by molar-refractivity contribution is -0.192. The number of methoxy groups -OCH3 is 1. The molecule has 0 aromatic heterocycles. The molecule has 1 aromatic rings. The topological polar surface area (TPSA) is 169 Å². The van der Waals surface area contributed by atoms with E-state index in [1.165, 1.54) is 0 Å². The smallest absolute Gasteiger partial charge is 0.490 e. The molecule has 2 heterocycles. The summed E-state index contributed by atoms with van der Waals surface area (Å²) < 4.78 is 54.0. The first kappa shape index (κ1) is 30.1. The van der Waals surface area contributed by atoms with E-state index in [-0.39, 0.29) is 18.2 Å². The fraction of sp³-hybridized carbons (Fsp3) is 0.538. The van der Waals surface area contributed by atoms with Crippen LogP contribution in [0.5, 0.6) is 11.5 Å². The molecule has 5 rings (SSSR count). The lowest BCUT2D eigenvalue weighted by Gasteiger charge is -2.61. The Balaban J connectivity index is 0.000000493. The molecule has 3 N–H and O–H groups in total. The molecular formula is C26H28F3NO11. The van der Waals surface area contributed by atoms with Crippen molar-refractivity contribution in [1.29, 1.82) is 0 Å². The maximum Gasteiger partial charge on any atom is 0.490 e. The second-order valence-corrected chi connectivity index (χ2v) is 10.2. The Labute approximate surface area is 231 Å². The maximum absolute atomic E-state index is 12.7. The van der Waals surface area contributed by atoms with E-state index >= 15 is 0 Å². The molecule has 1 fully saturated rings. The summed E-state index contributed by atoms with van der Waals surface area (Å²) in [5, 5.41) is 28.5. The lowest BCUT2D eigenvalue weighted by Crippen LogP contribution is -2.74. The maximum atomic E-state index is 12.7. The van der Waals surface area contributed by atoms with Gasteiger partial charge in [-0.1, -0.05) is 6.07 Å². The first-order valence-electron chi connectivity index (χ1n) is 12.5. The van der Waals surface area contributed by atoms with Crippen LogP contribution in [0.15, 0.2) is 24.0 Å². The van der Waals surface area contributed by atoms with Crippen molar-refractivity contribution >= 4 is 23.9 Å². The minimum Gasteiger partial charge on any atom is -0.493 e. The van der Waals surface area contributed by atoms with Gasteiger partial charge in [0.15, 0.2) is 17.6 Å². The quantitative estimate of drug-likeness (QED) is 0.411. The number of nitrogens with zero attached hydrogens (tertiary/aromatic N) is 1. The molecule has 15 heteroatoms. The largest absolute Gasteiger partial charge is 0.493 e. The van der Waals surface area contributed by atoms with Crippen LogP contribution in [0.1, 0.15) is 37.3 Å². The third-order valence-electron chi connectivity index (χ3n) is 7.97. The highest BCUT2D eigenvalue weighted by Gasteiger charge is 2.72. The van der Waals surface area contributed by atoms with Crippen molar-refractivity contribution in [2.45, 2.75) is 68.0 Å². The highest BCUT2D eigenvalue weighted by atomic mass is 19.4. The number of aliphatic carboxylic acids is 2. The Bertz CT molecular complexity index is 1310. The van der Waals surface area contributed by atoms with Crippen molar-refractivity contribution < 1.29 is 66.6 Å². The molecule has 0 saturated carbocycles. The first-order valence-corrected chi connectivity index (χ1v) is 12.5. The number of alkyl halides is 3. The van der Waals surface area contributed by atoms with Gasteiger partial charge in [0.25, 0.3) is 0 Å². The van der Waals surface area contributed by atoms with Crippen LogP contribution in [0.25, 0.3) is 0 Å². The van der Waals surface area contributed by atoms with E-state index in [0.29, 0.717) is 24.3 Å². The number of hydrogen-bond acceptors (Lipinski definition) is 10. The fourth-order valence-corrected chi connectivity index (χ4v) is 6.29. The van der Waals surface area contributed by atoms with Crippen LogP contribution in [0.2, 0.25) is 0 Å². The van der Waals surface area contributed by atoms with Gasteiger partial charge in [0, 0.05) is 24.9 Å². The standard InChI is InChI=1S/C24H27NO9.C2HF3O2/c1-12(26)32-16(22(28)29)11-18(27)33-15-6-7-24(30)17-10-13-4-5-14(31-3)20-19(13)23(24,21(15)34-20)8-9-25(17)2;3-2(4,5)1(6)7/h4-6,16-17,21,30H,7-11H2,1-3H3,(H,28,29);(H,6,7)/t16?,17-,21+,23+,24-;/m1./s1. The summed E-state index contributed by atoms with van der Waals surface area (Å²) in [5.41, 5.74) is -0.0257. The number of carboxylic acid groups (broad SMARTS) is 2. The molecule has 0 radical (unpaired) electrons. The van der Waals surface area contributed by atoms with Crippen LogP contribution in [-0.2, 0) is 40.5 Å². The number of benzene rings is 1. The van der Waals surface area contributed by atoms with Crippen LogP contribution in [0.4, 0.5) is 13.2 Å². The second-order valence-electron chi connectivity index (χ2n) is 10.2. The van der Waals surface area contributed by atoms with Gasteiger partial charge in [0.2, 0.25) is 6.10 Å². The van der Waals surface area contributed by atoms with Crippen molar-refractivity contribution in [2.75, 3.05) is 20.7 Å². The fourth-order valence-electron chi connectivity index (χ4n) is 6.29. The number of carbonyl (C=O) groups is 4. The Morgan fingerprint density at radius 2 is 1.88 bits per heavy atom. The molecule has 2 aliphatic heterocycles. The molecule has 1 spiro atoms. The number of carbonyl (C=O) groups excluding carboxylic acids is 2. The zero-order valence-electron chi connectivity index (χ0n) is 22.2. The van der Waals surface area contributed by atoms with Gasteiger partial charge in [0.05, 0.1) is 24.5 Å². The highest BCUT2D eigenvalue weighted by Crippen LogP contribution is 2.65. The number of halogens is 3. The molecule has 224 valence electrons. The molecule has 41 heavy (non-hydrogen) atoms. The van der Waals surface area contributed by atoms with E-state index in [1.54, 1.807) is 13.2 Å². The molecule has 2 bridgehead atoms. The molecule has 0 amide bonds. The molecule has 1 unspecified atom stereocenters. The highest BCUT2D eigenvalue weighted by molar-refractivity contribution is 5.83. The predicted molar refractivity (Wildman–Crippen MR) is 129 cm³/mol. The van der Waals surface area contributed by atoms with Crippen molar-refractivity contribution in [3.05, 3.63) is 35.1 Å². The predicted octanol–water partition coefficient (Wildman–Crippen LogP) is 1.56. The third-order valence-corrected chi connectivity index (χ3v) is 7.97. The number of piperidine rings is 1. The molecule has 1 aromatic carbocycles. The van der Waals surface area contributed by atoms with Gasteiger partial charge in [-0.15, -0.1) is 0 Å². The van der Waals surface area contributed by atoms with Crippen molar-refractivity contribution in [3.63, 3.8) is 0 Å². The molecule has 2 aliphatic carbocycles. The van der Waals surface area contributed by atoms with E-state index in [0.717, 1.165) is 24.6 Å². The minimum atomic E-state index is -5.08. The summed E-state index contributed by atoms with van der Waals surface area (Å²) in [7, 11) is 3.54.